The van der Waals surface area contributed by atoms with Crippen molar-refractivity contribution >= 4 is 27.3 Å². The van der Waals surface area contributed by atoms with Gasteiger partial charge in [-0.05, 0) is 35.7 Å². The fourth-order valence-electron chi connectivity index (χ4n) is 2.71. The van der Waals surface area contributed by atoms with Crippen LogP contribution in [0.2, 0.25) is 0 Å². The zero-order chi connectivity index (χ0) is 15.0. The van der Waals surface area contributed by atoms with Crippen molar-refractivity contribution in [2.75, 3.05) is 11.4 Å². The van der Waals surface area contributed by atoms with Gasteiger partial charge in [-0.1, -0.05) is 40.2 Å². The van der Waals surface area contributed by atoms with Crippen molar-refractivity contribution in [1.82, 2.24) is 0 Å². The average molecular weight is 356 g/mol. The smallest absolute Gasteiger partial charge is 0.340 e. The highest BCUT2D eigenvalue weighted by Crippen LogP contribution is 2.42. The van der Waals surface area contributed by atoms with Crippen LogP contribution in [0.25, 0.3) is 0 Å². The van der Waals surface area contributed by atoms with E-state index in [4.69, 9.17) is 0 Å². The zero-order valence-electron chi connectivity index (χ0n) is 11.1. The summed E-state index contributed by atoms with van der Waals surface area (Å²) in [5.74, 6) is 0. The van der Waals surface area contributed by atoms with E-state index < -0.39 is 11.7 Å². The number of alkyl halides is 4. The topological polar surface area (TPSA) is 3.24 Å². The molecule has 0 saturated heterocycles. The molecule has 0 fully saturated rings. The highest BCUT2D eigenvalue weighted by molar-refractivity contribution is 9.08. The number of hydrogen-bond acceptors (Lipinski definition) is 1. The molecule has 1 aliphatic heterocycles. The molecule has 2 aromatic rings. The SMILES string of the molecule is FC(F)(F)c1ccccc1N1CCc2ccc(CBr)cc21. The van der Waals surface area contributed by atoms with E-state index in [0.717, 1.165) is 29.3 Å². The summed E-state index contributed by atoms with van der Waals surface area (Å²) >= 11 is 3.39. The van der Waals surface area contributed by atoms with E-state index in [1.807, 2.05) is 18.2 Å². The summed E-state index contributed by atoms with van der Waals surface area (Å²) in [7, 11) is 0. The number of para-hydroxylation sites is 1. The number of fused-ring (bicyclic) bond motifs is 1. The number of anilines is 2. The Balaban J connectivity index is 2.09. The van der Waals surface area contributed by atoms with Crippen molar-refractivity contribution in [3.05, 3.63) is 59.2 Å². The van der Waals surface area contributed by atoms with E-state index in [9.17, 15) is 13.2 Å². The predicted molar refractivity (Wildman–Crippen MR) is 81.2 cm³/mol. The quantitative estimate of drug-likeness (QED) is 0.661. The first-order chi connectivity index (χ1) is 10.0. The molecule has 21 heavy (non-hydrogen) atoms. The van der Waals surface area contributed by atoms with Crippen molar-refractivity contribution in [2.45, 2.75) is 17.9 Å². The summed E-state index contributed by atoms with van der Waals surface area (Å²) in [6, 6.07) is 11.7. The normalized spacial score (nSPS) is 14.4. The van der Waals surface area contributed by atoms with Gasteiger partial charge in [0, 0.05) is 17.6 Å². The Hall–Kier alpha value is -1.49. The highest BCUT2D eigenvalue weighted by Gasteiger charge is 2.36. The first-order valence-corrected chi connectivity index (χ1v) is 7.74. The van der Waals surface area contributed by atoms with Crippen LogP contribution >= 0.6 is 15.9 Å². The molecule has 0 aliphatic carbocycles. The van der Waals surface area contributed by atoms with E-state index in [2.05, 4.69) is 15.9 Å². The lowest BCUT2D eigenvalue weighted by atomic mass is 10.1. The van der Waals surface area contributed by atoms with E-state index >= 15 is 0 Å². The maximum absolute atomic E-state index is 13.2. The molecule has 1 nitrogen and oxygen atoms in total. The Bertz CT molecular complexity index is 667. The van der Waals surface area contributed by atoms with E-state index in [1.165, 1.54) is 6.07 Å². The van der Waals surface area contributed by atoms with Gasteiger partial charge in [0.2, 0.25) is 0 Å². The molecule has 5 heteroatoms. The second-order valence-electron chi connectivity index (χ2n) is 5.01. The van der Waals surface area contributed by atoms with Gasteiger partial charge in [-0.15, -0.1) is 0 Å². The van der Waals surface area contributed by atoms with Crippen molar-refractivity contribution in [1.29, 1.82) is 0 Å². The van der Waals surface area contributed by atoms with Crippen LogP contribution in [0.4, 0.5) is 24.5 Å². The molecule has 1 aliphatic rings. The molecule has 0 unspecified atom stereocenters. The lowest BCUT2D eigenvalue weighted by Crippen LogP contribution is -2.18. The average Bonchev–Trinajstić information content (AvgIpc) is 2.89. The minimum absolute atomic E-state index is 0.232. The summed E-state index contributed by atoms with van der Waals surface area (Å²) in [6.45, 7) is 0.578. The lowest BCUT2D eigenvalue weighted by molar-refractivity contribution is -0.137. The summed E-state index contributed by atoms with van der Waals surface area (Å²) in [6.07, 6.45) is -3.57. The van der Waals surface area contributed by atoms with E-state index in [0.29, 0.717) is 11.9 Å². The Kier molecular flexibility index (Phi) is 3.69. The molecule has 0 saturated carbocycles. The van der Waals surface area contributed by atoms with Crippen LogP contribution < -0.4 is 4.90 Å². The van der Waals surface area contributed by atoms with Gasteiger partial charge in [-0.2, -0.15) is 13.2 Å². The third kappa shape index (κ3) is 2.67. The molecule has 0 bridgehead atoms. The monoisotopic (exact) mass is 355 g/mol. The van der Waals surface area contributed by atoms with Crippen LogP contribution in [-0.4, -0.2) is 6.54 Å². The lowest BCUT2D eigenvalue weighted by Gasteiger charge is -2.24. The van der Waals surface area contributed by atoms with Gasteiger partial charge >= 0.3 is 6.18 Å². The van der Waals surface area contributed by atoms with Crippen LogP contribution in [0.1, 0.15) is 16.7 Å². The molecule has 110 valence electrons. The number of benzene rings is 2. The maximum atomic E-state index is 13.2. The van der Waals surface area contributed by atoms with Crippen molar-refractivity contribution < 1.29 is 13.2 Å². The van der Waals surface area contributed by atoms with Gasteiger partial charge < -0.3 is 4.90 Å². The highest BCUT2D eigenvalue weighted by atomic mass is 79.9. The van der Waals surface area contributed by atoms with Crippen LogP contribution in [0.5, 0.6) is 0 Å². The zero-order valence-corrected chi connectivity index (χ0v) is 12.7. The summed E-state index contributed by atoms with van der Waals surface area (Å²) in [5, 5.41) is 0.690. The van der Waals surface area contributed by atoms with Gasteiger partial charge in [-0.25, -0.2) is 0 Å². The number of rotatable bonds is 2. The minimum atomic E-state index is -4.34. The molecule has 1 heterocycles. The van der Waals surface area contributed by atoms with Crippen molar-refractivity contribution in [2.24, 2.45) is 0 Å². The Morgan fingerprint density at radius 1 is 1.05 bits per heavy atom. The van der Waals surface area contributed by atoms with Gasteiger partial charge in [0.05, 0.1) is 11.3 Å². The van der Waals surface area contributed by atoms with Crippen LogP contribution in [0, 0.1) is 0 Å². The Morgan fingerprint density at radius 3 is 2.52 bits per heavy atom. The minimum Gasteiger partial charge on any atom is -0.340 e. The first-order valence-electron chi connectivity index (χ1n) is 6.62. The summed E-state index contributed by atoms with van der Waals surface area (Å²) in [5.41, 5.74) is 2.68. The van der Waals surface area contributed by atoms with Crippen LogP contribution in [0.3, 0.4) is 0 Å². The third-order valence-corrected chi connectivity index (χ3v) is 4.35. The molecule has 2 aromatic carbocycles. The van der Waals surface area contributed by atoms with Crippen LogP contribution in [0.15, 0.2) is 42.5 Å². The molecule has 0 amide bonds. The molecule has 0 N–H and O–H groups in total. The molecule has 0 spiro atoms. The predicted octanol–water partition coefficient (Wildman–Crippen LogP) is 5.29. The number of hydrogen-bond donors (Lipinski definition) is 0. The van der Waals surface area contributed by atoms with Crippen LogP contribution in [-0.2, 0) is 17.9 Å². The van der Waals surface area contributed by atoms with Gasteiger partial charge in [-0.3, -0.25) is 0 Å². The largest absolute Gasteiger partial charge is 0.418 e. The molecule has 0 radical (unpaired) electrons. The number of halogens is 4. The van der Waals surface area contributed by atoms with Crippen molar-refractivity contribution in [3.8, 4) is 0 Å². The summed E-state index contributed by atoms with van der Waals surface area (Å²) < 4.78 is 39.6. The standard InChI is InChI=1S/C16H13BrF3N/c17-10-11-5-6-12-7-8-21(15(12)9-11)14-4-2-1-3-13(14)16(18,19)20/h1-6,9H,7-8,10H2. The number of nitrogens with zero attached hydrogens (tertiary/aromatic N) is 1. The van der Waals surface area contributed by atoms with Gasteiger partial charge in [0.25, 0.3) is 0 Å². The van der Waals surface area contributed by atoms with Gasteiger partial charge in [0.1, 0.15) is 0 Å². The third-order valence-electron chi connectivity index (χ3n) is 3.70. The van der Waals surface area contributed by atoms with E-state index in [1.54, 1.807) is 17.0 Å². The summed E-state index contributed by atoms with van der Waals surface area (Å²) in [4.78, 5) is 1.77. The first kappa shape index (κ1) is 14.4. The Labute approximate surface area is 129 Å². The second-order valence-corrected chi connectivity index (χ2v) is 5.57. The molecular weight excluding hydrogens is 343 g/mol. The Morgan fingerprint density at radius 2 is 1.81 bits per heavy atom. The molecule has 3 rings (SSSR count). The molecule has 0 atom stereocenters. The molecular formula is C16H13BrF3N. The van der Waals surface area contributed by atoms with Crippen molar-refractivity contribution in [3.63, 3.8) is 0 Å². The van der Waals surface area contributed by atoms with Gasteiger partial charge in [0.15, 0.2) is 0 Å². The fourth-order valence-corrected chi connectivity index (χ4v) is 3.06. The maximum Gasteiger partial charge on any atom is 0.418 e. The second kappa shape index (κ2) is 5.37. The fraction of sp³-hybridized carbons (Fsp3) is 0.250. The van der Waals surface area contributed by atoms with E-state index in [-0.39, 0.29) is 5.69 Å². The molecule has 0 aromatic heterocycles.